The Balaban J connectivity index is 1.66. The van der Waals surface area contributed by atoms with Crippen LogP contribution in [0.25, 0.3) is 0 Å². The van der Waals surface area contributed by atoms with Gasteiger partial charge in [-0.3, -0.25) is 14.4 Å². The molecule has 3 fully saturated rings. The summed E-state index contributed by atoms with van der Waals surface area (Å²) in [7, 11) is -3.42. The van der Waals surface area contributed by atoms with Gasteiger partial charge in [-0.05, 0) is 36.5 Å². The Morgan fingerprint density at radius 2 is 1.89 bits per heavy atom. The van der Waals surface area contributed by atoms with E-state index in [1.807, 2.05) is 13.0 Å². The average molecular weight is 405 g/mol. The second-order valence-electron chi connectivity index (χ2n) is 9.78. The zero-order valence-electron chi connectivity index (χ0n) is 16.8. The normalized spacial score (nSPS) is 40.2. The summed E-state index contributed by atoms with van der Waals surface area (Å²) in [6.07, 6.45) is 8.71. The van der Waals surface area contributed by atoms with Gasteiger partial charge in [0.1, 0.15) is 17.3 Å². The molecule has 0 aromatic heterocycles. The summed E-state index contributed by atoms with van der Waals surface area (Å²) in [6, 6.07) is 0. The molecule has 0 bridgehead atoms. The maximum Gasteiger partial charge on any atom is 0.174 e. The SMILES string of the molecule is C[C@]12CC(=O)[C@H]3[C@@H](CCC4CC(=O)CC[C@@]43C)C1=CC=C2C(=O)CS(C)(=O)=O. The lowest BCUT2D eigenvalue weighted by Crippen LogP contribution is -2.55. The molecule has 0 radical (unpaired) electrons. The van der Waals surface area contributed by atoms with E-state index in [1.165, 1.54) is 0 Å². The maximum atomic E-state index is 13.4. The first-order chi connectivity index (χ1) is 13.0. The van der Waals surface area contributed by atoms with E-state index in [9.17, 15) is 22.8 Å². The molecular weight excluding hydrogens is 376 g/mol. The summed E-state index contributed by atoms with van der Waals surface area (Å²) >= 11 is 0. The van der Waals surface area contributed by atoms with Gasteiger partial charge in [0.2, 0.25) is 0 Å². The van der Waals surface area contributed by atoms with Crippen LogP contribution >= 0.6 is 0 Å². The van der Waals surface area contributed by atoms with Crippen molar-refractivity contribution in [3.05, 3.63) is 23.3 Å². The number of carbonyl (C=O) groups is 3. The molecule has 152 valence electrons. The van der Waals surface area contributed by atoms with Crippen molar-refractivity contribution in [3.63, 3.8) is 0 Å². The van der Waals surface area contributed by atoms with Crippen LogP contribution in [-0.2, 0) is 24.2 Å². The number of rotatable bonds is 3. The van der Waals surface area contributed by atoms with Crippen molar-refractivity contribution < 1.29 is 22.8 Å². The molecule has 0 N–H and O–H groups in total. The highest BCUT2D eigenvalue weighted by Crippen LogP contribution is 2.63. The third-order valence-electron chi connectivity index (χ3n) is 7.92. The molecule has 5 nitrogen and oxygen atoms in total. The molecule has 5 atom stereocenters. The van der Waals surface area contributed by atoms with Crippen molar-refractivity contribution in [3.8, 4) is 0 Å². The summed E-state index contributed by atoms with van der Waals surface area (Å²) in [6.45, 7) is 4.10. The van der Waals surface area contributed by atoms with Gasteiger partial charge < -0.3 is 0 Å². The molecule has 1 unspecified atom stereocenters. The van der Waals surface area contributed by atoms with E-state index in [2.05, 4.69) is 6.92 Å². The molecule has 6 heteroatoms. The molecule has 0 amide bonds. The van der Waals surface area contributed by atoms with E-state index in [4.69, 9.17) is 0 Å². The van der Waals surface area contributed by atoms with Gasteiger partial charge in [0.05, 0.1) is 0 Å². The monoisotopic (exact) mass is 404 g/mol. The Bertz CT molecular complexity index is 940. The van der Waals surface area contributed by atoms with Crippen molar-refractivity contribution >= 4 is 27.2 Å². The standard InChI is InChI=1S/C22H28O5S/c1-21-9-8-14(23)10-13(21)4-5-15-16-6-7-17(19(25)12-28(3,26)27)22(16,2)11-18(24)20(15)21/h6-7,13,15,20H,4-5,8-12H2,1-3H3/t13?,15-,20+,21-,22-/m0/s1. The zero-order valence-corrected chi connectivity index (χ0v) is 17.6. The zero-order chi connectivity index (χ0) is 20.5. The molecule has 0 aromatic rings. The van der Waals surface area contributed by atoms with Crippen LogP contribution in [0.3, 0.4) is 0 Å². The maximum absolute atomic E-state index is 13.4. The fraction of sp³-hybridized carbons (Fsp3) is 0.682. The molecule has 4 rings (SSSR count). The second-order valence-corrected chi connectivity index (χ2v) is 11.9. The summed E-state index contributed by atoms with van der Waals surface area (Å²) in [5.41, 5.74) is 0.736. The van der Waals surface area contributed by atoms with E-state index >= 15 is 0 Å². The molecule has 0 saturated heterocycles. The van der Waals surface area contributed by atoms with Gasteiger partial charge in [0.25, 0.3) is 0 Å². The summed E-state index contributed by atoms with van der Waals surface area (Å²) in [5, 5.41) is 0. The van der Waals surface area contributed by atoms with Crippen LogP contribution in [0.2, 0.25) is 0 Å². The lowest BCUT2D eigenvalue weighted by Gasteiger charge is -2.57. The molecule has 4 aliphatic rings. The van der Waals surface area contributed by atoms with Crippen LogP contribution < -0.4 is 0 Å². The van der Waals surface area contributed by atoms with Crippen molar-refractivity contribution in [2.45, 2.75) is 52.4 Å². The van der Waals surface area contributed by atoms with Gasteiger partial charge in [-0.25, -0.2) is 8.42 Å². The Kier molecular flexibility index (Phi) is 4.38. The minimum absolute atomic E-state index is 0.0838. The van der Waals surface area contributed by atoms with Crippen LogP contribution in [0.1, 0.15) is 52.4 Å². The highest BCUT2D eigenvalue weighted by molar-refractivity contribution is 7.91. The number of Topliss-reactive ketones (excluding diaryl/α,β-unsaturated/α-hetero) is 3. The molecule has 4 aliphatic carbocycles. The molecule has 0 heterocycles. The average Bonchev–Trinajstić information content (AvgIpc) is 2.90. The smallest absolute Gasteiger partial charge is 0.174 e. The highest BCUT2D eigenvalue weighted by atomic mass is 32.2. The first-order valence-corrected chi connectivity index (χ1v) is 12.2. The summed E-state index contributed by atoms with van der Waals surface area (Å²) < 4.78 is 23.2. The number of fused-ring (bicyclic) bond motifs is 5. The number of sulfone groups is 1. The molecule has 0 spiro atoms. The molecule has 0 aromatic carbocycles. The van der Waals surface area contributed by atoms with Gasteiger partial charge in [0, 0.05) is 42.4 Å². The minimum Gasteiger partial charge on any atom is -0.300 e. The lowest BCUT2D eigenvalue weighted by atomic mass is 9.45. The van der Waals surface area contributed by atoms with Crippen molar-refractivity contribution in [1.29, 1.82) is 0 Å². The number of carbonyl (C=O) groups excluding carboxylic acids is 3. The quantitative estimate of drug-likeness (QED) is 0.722. The number of hydrogen-bond acceptors (Lipinski definition) is 5. The van der Waals surface area contributed by atoms with E-state index in [0.29, 0.717) is 24.2 Å². The third-order valence-corrected chi connectivity index (χ3v) is 8.70. The van der Waals surface area contributed by atoms with E-state index in [0.717, 1.165) is 31.1 Å². The predicted molar refractivity (Wildman–Crippen MR) is 105 cm³/mol. The first kappa shape index (κ1) is 19.7. The Morgan fingerprint density at radius 1 is 1.18 bits per heavy atom. The topological polar surface area (TPSA) is 85.3 Å². The Morgan fingerprint density at radius 3 is 2.57 bits per heavy atom. The van der Waals surface area contributed by atoms with Crippen LogP contribution in [0.5, 0.6) is 0 Å². The molecule has 0 aliphatic heterocycles. The first-order valence-electron chi connectivity index (χ1n) is 10.1. The largest absolute Gasteiger partial charge is 0.300 e. The summed E-state index contributed by atoms with van der Waals surface area (Å²) in [4.78, 5) is 38.1. The third kappa shape index (κ3) is 2.87. The highest BCUT2D eigenvalue weighted by Gasteiger charge is 2.60. The lowest BCUT2D eigenvalue weighted by molar-refractivity contribution is -0.146. The van der Waals surface area contributed by atoms with E-state index in [1.54, 1.807) is 6.08 Å². The van der Waals surface area contributed by atoms with Gasteiger partial charge in [0.15, 0.2) is 15.6 Å². The van der Waals surface area contributed by atoms with Crippen LogP contribution in [0.15, 0.2) is 23.3 Å². The van der Waals surface area contributed by atoms with Crippen LogP contribution in [0, 0.1) is 28.6 Å². The molecular formula is C22H28O5S. The van der Waals surface area contributed by atoms with E-state index < -0.39 is 26.8 Å². The van der Waals surface area contributed by atoms with Gasteiger partial charge in [-0.1, -0.05) is 31.6 Å². The summed E-state index contributed by atoms with van der Waals surface area (Å²) in [5.74, 6) is -0.178. The fourth-order valence-corrected chi connectivity index (χ4v) is 7.23. The van der Waals surface area contributed by atoms with E-state index in [-0.39, 0.29) is 35.4 Å². The van der Waals surface area contributed by atoms with Crippen LogP contribution in [0.4, 0.5) is 0 Å². The Labute approximate surface area is 166 Å². The van der Waals surface area contributed by atoms with Gasteiger partial charge >= 0.3 is 0 Å². The van der Waals surface area contributed by atoms with Crippen LogP contribution in [-0.4, -0.2) is 37.8 Å². The Hall–Kier alpha value is -1.56. The van der Waals surface area contributed by atoms with Crippen molar-refractivity contribution in [2.24, 2.45) is 28.6 Å². The predicted octanol–water partition coefficient (Wildman–Crippen LogP) is 2.85. The number of ketones is 3. The number of hydrogen-bond donors (Lipinski definition) is 0. The number of allylic oxidation sites excluding steroid dienone is 4. The molecule has 3 saturated carbocycles. The minimum atomic E-state index is -3.42. The second kappa shape index (κ2) is 6.22. The van der Waals surface area contributed by atoms with Crippen molar-refractivity contribution in [1.82, 2.24) is 0 Å². The van der Waals surface area contributed by atoms with Crippen molar-refractivity contribution in [2.75, 3.05) is 12.0 Å². The van der Waals surface area contributed by atoms with Gasteiger partial charge in [-0.2, -0.15) is 0 Å². The van der Waals surface area contributed by atoms with Gasteiger partial charge in [-0.15, -0.1) is 0 Å². The molecule has 28 heavy (non-hydrogen) atoms. The fourth-order valence-electron chi connectivity index (χ4n) is 6.60.